The number of nitrogens with zero attached hydrogens (tertiary/aromatic N) is 4. The maximum Gasteiger partial charge on any atom is 0.157 e. The molecule has 0 spiro atoms. The van der Waals surface area contributed by atoms with Crippen LogP contribution in [-0.4, -0.2) is 58.2 Å². The molecule has 2 aliphatic heterocycles. The van der Waals surface area contributed by atoms with Crippen molar-refractivity contribution in [2.75, 3.05) is 31.6 Å². The van der Waals surface area contributed by atoms with Gasteiger partial charge in [0.25, 0.3) is 0 Å². The summed E-state index contributed by atoms with van der Waals surface area (Å²) in [6.07, 6.45) is 5.20. The third-order valence-corrected chi connectivity index (χ3v) is 5.22. The lowest BCUT2D eigenvalue weighted by molar-refractivity contribution is -0.0189. The van der Waals surface area contributed by atoms with E-state index in [1.165, 1.54) is 25.8 Å². The van der Waals surface area contributed by atoms with Crippen LogP contribution in [-0.2, 0) is 4.74 Å². The van der Waals surface area contributed by atoms with Crippen LogP contribution >= 0.6 is 11.3 Å². The molecule has 2 aliphatic rings. The first-order valence-corrected chi connectivity index (χ1v) is 8.41. The Morgan fingerprint density at radius 1 is 1.24 bits per heavy atom. The van der Waals surface area contributed by atoms with E-state index in [0.29, 0.717) is 12.1 Å². The summed E-state index contributed by atoms with van der Waals surface area (Å²) in [7, 11) is 0. The van der Waals surface area contributed by atoms with Crippen LogP contribution in [0.5, 0.6) is 0 Å². The lowest BCUT2D eigenvalue weighted by Crippen LogP contribution is -2.57. The van der Waals surface area contributed by atoms with Crippen molar-refractivity contribution in [1.29, 1.82) is 0 Å². The molecule has 2 aromatic rings. The number of rotatable bonds is 4. The second-order valence-corrected chi connectivity index (χ2v) is 6.47. The van der Waals surface area contributed by atoms with Crippen molar-refractivity contribution in [2.45, 2.75) is 31.3 Å². The lowest BCUT2D eigenvalue weighted by atomic mass is 9.95. The molecule has 0 aliphatic carbocycles. The Morgan fingerprint density at radius 2 is 2.14 bits per heavy atom. The highest BCUT2D eigenvalue weighted by molar-refractivity contribution is 7.16. The summed E-state index contributed by atoms with van der Waals surface area (Å²) >= 11 is 1.55. The number of hydrogen-bond donors (Lipinski definition) is 1. The van der Waals surface area contributed by atoms with Gasteiger partial charge in [-0.1, -0.05) is 0 Å². The fourth-order valence-electron chi connectivity index (χ4n) is 3.22. The van der Waals surface area contributed by atoms with Crippen molar-refractivity contribution in [3.05, 3.63) is 11.8 Å². The van der Waals surface area contributed by atoms with Crippen LogP contribution in [0.1, 0.15) is 19.3 Å². The molecular weight excluding hydrogens is 286 g/mol. The number of ether oxygens (including phenoxy) is 1. The summed E-state index contributed by atoms with van der Waals surface area (Å²) in [4.78, 5) is 16.5. The zero-order valence-corrected chi connectivity index (χ0v) is 12.7. The molecule has 2 aromatic heterocycles. The average Bonchev–Trinajstić information content (AvgIpc) is 2.97. The first-order valence-electron chi connectivity index (χ1n) is 7.53. The Bertz CT molecular complexity index is 612. The first kappa shape index (κ1) is 13.4. The van der Waals surface area contributed by atoms with Crippen molar-refractivity contribution in [3.8, 4) is 0 Å². The molecule has 7 heteroatoms. The first-order chi connectivity index (χ1) is 10.4. The molecule has 6 nitrogen and oxygen atoms in total. The lowest BCUT2D eigenvalue weighted by Gasteiger charge is -2.47. The minimum atomic E-state index is 0.608. The smallest absolute Gasteiger partial charge is 0.157 e. The average molecular weight is 305 g/mol. The third kappa shape index (κ3) is 2.61. The Morgan fingerprint density at radius 3 is 2.95 bits per heavy atom. The van der Waals surface area contributed by atoms with Crippen LogP contribution < -0.4 is 5.32 Å². The van der Waals surface area contributed by atoms with E-state index in [0.717, 1.165) is 35.9 Å². The van der Waals surface area contributed by atoms with Gasteiger partial charge in [0.15, 0.2) is 5.82 Å². The minimum absolute atomic E-state index is 0.608. The molecule has 0 radical (unpaired) electrons. The third-order valence-electron chi connectivity index (χ3n) is 4.49. The van der Waals surface area contributed by atoms with Crippen LogP contribution in [0, 0.1) is 0 Å². The Labute approximate surface area is 127 Å². The van der Waals surface area contributed by atoms with Crippen molar-refractivity contribution < 1.29 is 4.74 Å². The van der Waals surface area contributed by atoms with E-state index < -0.39 is 0 Å². The zero-order valence-electron chi connectivity index (χ0n) is 11.9. The van der Waals surface area contributed by atoms with Crippen LogP contribution in [0.15, 0.2) is 11.8 Å². The van der Waals surface area contributed by atoms with Gasteiger partial charge in [0, 0.05) is 38.4 Å². The summed E-state index contributed by atoms with van der Waals surface area (Å²) in [5.74, 6) is 0.861. The van der Waals surface area contributed by atoms with Crippen LogP contribution in [0.4, 0.5) is 5.82 Å². The molecule has 0 aromatic carbocycles. The van der Waals surface area contributed by atoms with E-state index in [-0.39, 0.29) is 0 Å². The number of likely N-dealkylation sites (tertiary alicyclic amines) is 1. The summed E-state index contributed by atoms with van der Waals surface area (Å²) < 4.78 is 5.46. The standard InChI is InChI=1S/C14H19N5OS/c1-4-19(10-2-5-20-6-3-10)11(1)7-15-13-12-14(17-8-16-13)21-9-18-12/h8-11H,1-7H2,(H,15,16,17). The molecule has 2 fully saturated rings. The number of anilines is 1. The molecule has 1 unspecified atom stereocenters. The van der Waals surface area contributed by atoms with Gasteiger partial charge >= 0.3 is 0 Å². The van der Waals surface area contributed by atoms with E-state index >= 15 is 0 Å². The molecule has 1 atom stereocenters. The van der Waals surface area contributed by atoms with E-state index in [9.17, 15) is 0 Å². The van der Waals surface area contributed by atoms with Gasteiger partial charge in [-0.25, -0.2) is 15.0 Å². The molecule has 112 valence electrons. The second-order valence-electron chi connectivity index (χ2n) is 5.63. The molecule has 0 amide bonds. The quantitative estimate of drug-likeness (QED) is 0.928. The van der Waals surface area contributed by atoms with Gasteiger partial charge in [-0.15, -0.1) is 11.3 Å². The maximum atomic E-state index is 5.46. The number of hydrogen-bond acceptors (Lipinski definition) is 7. The highest BCUT2D eigenvalue weighted by atomic mass is 32.1. The molecule has 0 bridgehead atoms. The molecule has 4 heterocycles. The maximum absolute atomic E-state index is 5.46. The van der Waals surface area contributed by atoms with E-state index in [1.54, 1.807) is 17.7 Å². The van der Waals surface area contributed by atoms with Gasteiger partial charge in [0.1, 0.15) is 16.7 Å². The predicted molar refractivity (Wildman–Crippen MR) is 82.7 cm³/mol. The zero-order chi connectivity index (χ0) is 14.1. The number of thiazole rings is 1. The van der Waals surface area contributed by atoms with Crippen molar-refractivity contribution >= 4 is 27.5 Å². The van der Waals surface area contributed by atoms with Gasteiger partial charge in [-0.2, -0.15) is 0 Å². The fourth-order valence-corrected chi connectivity index (χ4v) is 3.84. The van der Waals surface area contributed by atoms with Crippen LogP contribution in [0.3, 0.4) is 0 Å². The molecule has 0 saturated carbocycles. The molecule has 1 N–H and O–H groups in total. The largest absolute Gasteiger partial charge is 0.381 e. The minimum Gasteiger partial charge on any atom is -0.381 e. The topological polar surface area (TPSA) is 63.2 Å². The molecule has 21 heavy (non-hydrogen) atoms. The SMILES string of the molecule is c1nc(NCC2CCN2C2CCOCC2)c2ncsc2n1. The highest BCUT2D eigenvalue weighted by Gasteiger charge is 2.34. The van der Waals surface area contributed by atoms with E-state index in [1.807, 2.05) is 5.51 Å². The predicted octanol–water partition coefficient (Wildman–Crippen LogP) is 1.75. The molecular formula is C14H19N5OS. The van der Waals surface area contributed by atoms with E-state index in [2.05, 4.69) is 25.2 Å². The van der Waals surface area contributed by atoms with Crippen molar-refractivity contribution in [1.82, 2.24) is 19.9 Å². The van der Waals surface area contributed by atoms with Gasteiger partial charge in [0.2, 0.25) is 0 Å². The van der Waals surface area contributed by atoms with Gasteiger partial charge in [-0.05, 0) is 19.3 Å². The summed E-state index contributed by atoms with van der Waals surface area (Å²) in [6.45, 7) is 3.97. The summed E-state index contributed by atoms with van der Waals surface area (Å²) in [5.41, 5.74) is 2.71. The van der Waals surface area contributed by atoms with Crippen molar-refractivity contribution in [2.24, 2.45) is 0 Å². The Kier molecular flexibility index (Phi) is 3.71. The van der Waals surface area contributed by atoms with Crippen LogP contribution in [0.2, 0.25) is 0 Å². The number of fused-ring (bicyclic) bond motifs is 1. The second kappa shape index (κ2) is 5.82. The Balaban J connectivity index is 1.39. The summed E-state index contributed by atoms with van der Waals surface area (Å²) in [5, 5.41) is 3.46. The van der Waals surface area contributed by atoms with Crippen LogP contribution in [0.25, 0.3) is 10.3 Å². The Hall–Kier alpha value is -1.31. The molecule has 2 saturated heterocycles. The van der Waals surface area contributed by atoms with Gasteiger partial charge in [0.05, 0.1) is 5.51 Å². The fraction of sp³-hybridized carbons (Fsp3) is 0.643. The molecule has 4 rings (SSSR count). The highest BCUT2D eigenvalue weighted by Crippen LogP contribution is 2.27. The number of aromatic nitrogens is 3. The summed E-state index contributed by atoms with van der Waals surface area (Å²) in [6, 6.07) is 1.31. The van der Waals surface area contributed by atoms with Gasteiger partial charge in [-0.3, -0.25) is 4.90 Å². The number of nitrogens with one attached hydrogen (secondary N) is 1. The van der Waals surface area contributed by atoms with Gasteiger partial charge < -0.3 is 10.1 Å². The normalized spacial score (nSPS) is 24.1. The monoisotopic (exact) mass is 305 g/mol. The van der Waals surface area contributed by atoms with E-state index in [4.69, 9.17) is 4.74 Å². The van der Waals surface area contributed by atoms with Crippen molar-refractivity contribution in [3.63, 3.8) is 0 Å².